The molecule has 2 aromatic rings. The molecule has 1 aromatic heterocycles. The van der Waals surface area contributed by atoms with E-state index in [0.29, 0.717) is 25.3 Å². The predicted molar refractivity (Wildman–Crippen MR) is 122 cm³/mol. The van der Waals surface area contributed by atoms with Gasteiger partial charge in [-0.05, 0) is 50.2 Å². The van der Waals surface area contributed by atoms with Crippen LogP contribution in [0.2, 0.25) is 0 Å². The number of rotatable bonds is 6. The molecule has 1 atom stereocenters. The molecule has 6 nitrogen and oxygen atoms in total. The molecule has 6 heteroatoms. The van der Waals surface area contributed by atoms with Crippen LogP contribution in [0.4, 0.5) is 0 Å². The number of para-hydroxylation sites is 1. The zero-order chi connectivity index (χ0) is 22.7. The van der Waals surface area contributed by atoms with Gasteiger partial charge in [-0.3, -0.25) is 9.59 Å². The van der Waals surface area contributed by atoms with Crippen molar-refractivity contribution in [2.24, 2.45) is 5.92 Å². The van der Waals surface area contributed by atoms with Crippen molar-refractivity contribution in [3.8, 4) is 5.69 Å². The highest BCUT2D eigenvalue weighted by Gasteiger charge is 2.35. The number of carbonyl (C=O) groups excluding carboxylic acids is 2. The van der Waals surface area contributed by atoms with E-state index in [-0.39, 0.29) is 29.6 Å². The first-order valence-electron chi connectivity index (χ1n) is 11.4. The van der Waals surface area contributed by atoms with Crippen molar-refractivity contribution < 1.29 is 14.3 Å². The Hall–Kier alpha value is -2.63. The Morgan fingerprint density at radius 3 is 2.48 bits per heavy atom. The number of piperidine rings is 1. The molecule has 1 saturated heterocycles. The van der Waals surface area contributed by atoms with E-state index < -0.39 is 0 Å². The van der Waals surface area contributed by atoms with Crippen LogP contribution in [-0.4, -0.2) is 46.3 Å². The van der Waals surface area contributed by atoms with Crippen molar-refractivity contribution in [3.63, 3.8) is 0 Å². The highest BCUT2D eigenvalue weighted by Crippen LogP contribution is 2.32. The first-order valence-corrected chi connectivity index (χ1v) is 11.4. The summed E-state index contributed by atoms with van der Waals surface area (Å²) < 4.78 is 7.17. The van der Waals surface area contributed by atoms with Gasteiger partial charge in [-0.2, -0.15) is 5.10 Å². The number of aromatic nitrogens is 2. The van der Waals surface area contributed by atoms with Crippen LogP contribution in [0.5, 0.6) is 0 Å². The monoisotopic (exact) mass is 425 g/mol. The number of amides is 1. The molecule has 1 aromatic carbocycles. The highest BCUT2D eigenvalue weighted by atomic mass is 16.5. The average molecular weight is 426 g/mol. The maximum Gasteiger partial charge on any atom is 0.310 e. The lowest BCUT2D eigenvalue weighted by molar-refractivity contribution is -0.149. The minimum absolute atomic E-state index is 0.0266. The second-order valence-electron chi connectivity index (χ2n) is 9.00. The molecule has 0 radical (unpaired) electrons. The summed E-state index contributed by atoms with van der Waals surface area (Å²) in [7, 11) is 0. The molecule has 2 heterocycles. The third kappa shape index (κ3) is 4.68. The van der Waals surface area contributed by atoms with Gasteiger partial charge in [0, 0.05) is 13.1 Å². The first-order chi connectivity index (χ1) is 14.8. The number of benzene rings is 1. The van der Waals surface area contributed by atoms with E-state index in [2.05, 4.69) is 40.7 Å². The molecule has 0 aliphatic carbocycles. The van der Waals surface area contributed by atoms with Crippen molar-refractivity contribution in [2.75, 3.05) is 19.7 Å². The summed E-state index contributed by atoms with van der Waals surface area (Å²) >= 11 is 0. The molecule has 1 aliphatic heterocycles. The number of nitrogens with zero attached hydrogens (tertiary/aromatic N) is 3. The fraction of sp³-hybridized carbons (Fsp3) is 0.560. The molecule has 0 bridgehead atoms. The molecular formula is C25H35N3O3. The molecule has 3 rings (SSSR count). The van der Waals surface area contributed by atoms with E-state index in [0.717, 1.165) is 35.5 Å². The van der Waals surface area contributed by atoms with Crippen molar-refractivity contribution in [1.82, 2.24) is 14.7 Å². The van der Waals surface area contributed by atoms with Crippen LogP contribution in [0.25, 0.3) is 5.69 Å². The zero-order valence-corrected chi connectivity index (χ0v) is 19.6. The summed E-state index contributed by atoms with van der Waals surface area (Å²) in [6, 6.07) is 8.12. The fourth-order valence-electron chi connectivity index (χ4n) is 4.36. The smallest absolute Gasteiger partial charge is 0.310 e. The Labute approximate surface area is 185 Å². The lowest BCUT2D eigenvalue weighted by atomic mass is 9.94. The number of hydrogen-bond donors (Lipinski definition) is 0. The molecule has 1 fully saturated rings. The number of ether oxygens (including phenoxy) is 1. The van der Waals surface area contributed by atoms with Gasteiger partial charge in [-0.25, -0.2) is 4.68 Å². The minimum atomic E-state index is -0.255. The standard InChI is InChI=1S/C25H35N3O3/c1-7-31-25(30)19-12-10-14-27(15-19)24(29)21-22(16(2)3)26-28(23(21)17(4)5)20-13-9-8-11-18(20)6/h8-9,11,13,16-17,19H,7,10,12,14-15H2,1-6H3/t19-/m0/s1. The van der Waals surface area contributed by atoms with Gasteiger partial charge in [0.25, 0.3) is 5.91 Å². The second-order valence-corrected chi connectivity index (χ2v) is 9.00. The summed E-state index contributed by atoms with van der Waals surface area (Å²) in [6.45, 7) is 13.6. The number of carbonyl (C=O) groups is 2. The lowest BCUT2D eigenvalue weighted by Gasteiger charge is -2.32. The van der Waals surface area contributed by atoms with E-state index in [9.17, 15) is 9.59 Å². The summed E-state index contributed by atoms with van der Waals surface area (Å²) in [6.07, 6.45) is 1.56. The van der Waals surface area contributed by atoms with Crippen LogP contribution >= 0.6 is 0 Å². The van der Waals surface area contributed by atoms with Gasteiger partial charge in [0.2, 0.25) is 0 Å². The van der Waals surface area contributed by atoms with E-state index in [1.54, 1.807) is 0 Å². The van der Waals surface area contributed by atoms with Crippen molar-refractivity contribution in [2.45, 2.75) is 66.2 Å². The second kappa shape index (κ2) is 9.67. The van der Waals surface area contributed by atoms with Crippen LogP contribution in [0, 0.1) is 12.8 Å². The van der Waals surface area contributed by atoms with Gasteiger partial charge in [0.15, 0.2) is 0 Å². The maximum atomic E-state index is 13.8. The Kier molecular flexibility index (Phi) is 7.19. The summed E-state index contributed by atoms with van der Waals surface area (Å²) in [4.78, 5) is 28.0. The Morgan fingerprint density at radius 1 is 1.16 bits per heavy atom. The van der Waals surface area contributed by atoms with E-state index in [4.69, 9.17) is 9.84 Å². The quantitative estimate of drug-likeness (QED) is 0.621. The SMILES string of the molecule is CCOC(=O)[C@H]1CCCN(C(=O)c2c(C(C)C)nn(-c3ccccc3C)c2C(C)C)C1. The molecule has 0 unspecified atom stereocenters. The molecular weight excluding hydrogens is 390 g/mol. The van der Waals surface area contributed by atoms with E-state index >= 15 is 0 Å². The molecule has 0 saturated carbocycles. The zero-order valence-electron chi connectivity index (χ0n) is 19.6. The summed E-state index contributed by atoms with van der Waals surface area (Å²) in [5.74, 6) is -0.268. The lowest BCUT2D eigenvalue weighted by Crippen LogP contribution is -2.43. The minimum Gasteiger partial charge on any atom is -0.466 e. The summed E-state index contributed by atoms with van der Waals surface area (Å²) in [5.41, 5.74) is 4.55. The third-order valence-corrected chi connectivity index (χ3v) is 5.93. The fourth-order valence-corrected chi connectivity index (χ4v) is 4.36. The van der Waals surface area contributed by atoms with Crippen molar-refractivity contribution in [3.05, 3.63) is 46.8 Å². The predicted octanol–water partition coefficient (Wildman–Crippen LogP) is 4.84. The Morgan fingerprint density at radius 2 is 1.87 bits per heavy atom. The number of aryl methyl sites for hydroxylation is 1. The molecule has 168 valence electrons. The Bertz CT molecular complexity index is 945. The van der Waals surface area contributed by atoms with Gasteiger partial charge in [-0.15, -0.1) is 0 Å². The maximum absolute atomic E-state index is 13.8. The molecule has 31 heavy (non-hydrogen) atoms. The number of likely N-dealkylation sites (tertiary alicyclic amines) is 1. The summed E-state index contributed by atoms with van der Waals surface area (Å²) in [5, 5.41) is 4.94. The molecule has 0 spiro atoms. The normalized spacial score (nSPS) is 16.8. The molecule has 1 aliphatic rings. The molecule has 0 N–H and O–H groups in total. The van der Waals surface area contributed by atoms with E-state index in [1.807, 2.05) is 34.7 Å². The topological polar surface area (TPSA) is 64.4 Å². The van der Waals surface area contributed by atoms with Gasteiger partial charge < -0.3 is 9.64 Å². The van der Waals surface area contributed by atoms with Crippen LogP contribution in [0.1, 0.15) is 86.6 Å². The van der Waals surface area contributed by atoms with E-state index in [1.165, 1.54) is 0 Å². The molecule has 1 amide bonds. The van der Waals surface area contributed by atoms with Crippen LogP contribution in [0.3, 0.4) is 0 Å². The van der Waals surface area contributed by atoms with Crippen molar-refractivity contribution >= 4 is 11.9 Å². The third-order valence-electron chi connectivity index (χ3n) is 5.93. The van der Waals surface area contributed by atoms with Gasteiger partial charge in [0.05, 0.1) is 35.2 Å². The van der Waals surface area contributed by atoms with Gasteiger partial charge in [0.1, 0.15) is 0 Å². The number of esters is 1. The van der Waals surface area contributed by atoms with Crippen LogP contribution < -0.4 is 0 Å². The number of hydrogen-bond acceptors (Lipinski definition) is 4. The van der Waals surface area contributed by atoms with Gasteiger partial charge in [-0.1, -0.05) is 45.9 Å². The largest absolute Gasteiger partial charge is 0.466 e. The van der Waals surface area contributed by atoms with Crippen LogP contribution in [0.15, 0.2) is 24.3 Å². The first kappa shape index (κ1) is 23.0. The van der Waals surface area contributed by atoms with Crippen LogP contribution in [-0.2, 0) is 9.53 Å². The highest BCUT2D eigenvalue weighted by molar-refractivity contribution is 5.97. The van der Waals surface area contributed by atoms with Crippen molar-refractivity contribution in [1.29, 1.82) is 0 Å². The Balaban J connectivity index is 2.06. The van der Waals surface area contributed by atoms with Gasteiger partial charge >= 0.3 is 5.97 Å². The average Bonchev–Trinajstić information content (AvgIpc) is 3.15.